The summed E-state index contributed by atoms with van der Waals surface area (Å²) in [6.07, 6.45) is 0.691. The third-order valence-electron chi connectivity index (χ3n) is 2.93. The van der Waals surface area contributed by atoms with Gasteiger partial charge in [0.1, 0.15) is 5.75 Å². The average molecular weight is 253 g/mol. The SMILES string of the molecule is COc1ccccc1CCNC(C)C(OC)OC. The first-order valence-corrected chi connectivity index (χ1v) is 6.13. The maximum absolute atomic E-state index is 5.32. The van der Waals surface area contributed by atoms with Crippen LogP contribution in [-0.2, 0) is 15.9 Å². The van der Waals surface area contributed by atoms with Crippen LogP contribution in [0.25, 0.3) is 0 Å². The van der Waals surface area contributed by atoms with Crippen LogP contribution in [0.4, 0.5) is 0 Å². The number of ether oxygens (including phenoxy) is 3. The standard InChI is InChI=1S/C14H23NO3/c1-11(14(17-3)18-4)15-10-9-12-7-5-6-8-13(12)16-2/h5-8,11,14-15H,9-10H2,1-4H3. The van der Waals surface area contributed by atoms with Crippen LogP contribution in [0.2, 0.25) is 0 Å². The third kappa shape index (κ3) is 4.29. The second kappa shape index (κ2) is 8.08. The van der Waals surface area contributed by atoms with Crippen molar-refractivity contribution in [1.29, 1.82) is 0 Å². The molecule has 1 unspecified atom stereocenters. The van der Waals surface area contributed by atoms with Gasteiger partial charge in [-0.3, -0.25) is 0 Å². The van der Waals surface area contributed by atoms with E-state index in [4.69, 9.17) is 14.2 Å². The fraction of sp³-hybridized carbons (Fsp3) is 0.571. The maximum atomic E-state index is 5.32. The Labute approximate surface area is 109 Å². The lowest BCUT2D eigenvalue weighted by atomic mass is 10.1. The van der Waals surface area contributed by atoms with Crippen molar-refractivity contribution in [1.82, 2.24) is 5.32 Å². The minimum Gasteiger partial charge on any atom is -0.496 e. The molecule has 4 heteroatoms. The van der Waals surface area contributed by atoms with E-state index >= 15 is 0 Å². The second-order valence-electron chi connectivity index (χ2n) is 4.14. The van der Waals surface area contributed by atoms with Crippen molar-refractivity contribution < 1.29 is 14.2 Å². The molecule has 1 aromatic rings. The summed E-state index contributed by atoms with van der Waals surface area (Å²) in [5.74, 6) is 0.932. The zero-order valence-corrected chi connectivity index (χ0v) is 11.6. The van der Waals surface area contributed by atoms with Crippen LogP contribution in [0.1, 0.15) is 12.5 Å². The molecule has 0 amide bonds. The third-order valence-corrected chi connectivity index (χ3v) is 2.93. The Morgan fingerprint density at radius 1 is 1.11 bits per heavy atom. The molecule has 1 N–H and O–H groups in total. The fourth-order valence-electron chi connectivity index (χ4n) is 1.94. The molecule has 102 valence electrons. The van der Waals surface area contributed by atoms with Crippen LogP contribution in [0.5, 0.6) is 5.75 Å². The molecular formula is C14H23NO3. The summed E-state index contributed by atoms with van der Waals surface area (Å²) in [5.41, 5.74) is 1.20. The first kappa shape index (κ1) is 15.0. The van der Waals surface area contributed by atoms with Crippen molar-refractivity contribution in [3.8, 4) is 5.75 Å². The van der Waals surface area contributed by atoms with E-state index in [1.165, 1.54) is 5.56 Å². The predicted molar refractivity (Wildman–Crippen MR) is 72.0 cm³/mol. The fourth-order valence-corrected chi connectivity index (χ4v) is 1.94. The molecule has 0 radical (unpaired) electrons. The van der Waals surface area contributed by atoms with E-state index in [9.17, 15) is 0 Å². The molecule has 1 rings (SSSR count). The van der Waals surface area contributed by atoms with Crippen molar-refractivity contribution in [3.63, 3.8) is 0 Å². The van der Waals surface area contributed by atoms with E-state index in [0.717, 1.165) is 18.7 Å². The number of methoxy groups -OCH3 is 3. The highest BCUT2D eigenvalue weighted by molar-refractivity contribution is 5.33. The van der Waals surface area contributed by atoms with Crippen LogP contribution in [0.3, 0.4) is 0 Å². The molecule has 0 bridgehead atoms. The lowest BCUT2D eigenvalue weighted by Crippen LogP contribution is -2.40. The van der Waals surface area contributed by atoms with Crippen LogP contribution < -0.4 is 10.1 Å². The Morgan fingerprint density at radius 3 is 2.39 bits per heavy atom. The van der Waals surface area contributed by atoms with Gasteiger partial charge in [-0.2, -0.15) is 0 Å². The Kier molecular flexibility index (Phi) is 6.72. The molecule has 0 spiro atoms. The molecule has 4 nitrogen and oxygen atoms in total. The van der Waals surface area contributed by atoms with Gasteiger partial charge in [0.15, 0.2) is 6.29 Å². The highest BCUT2D eigenvalue weighted by atomic mass is 16.7. The largest absolute Gasteiger partial charge is 0.496 e. The van der Waals surface area contributed by atoms with Gasteiger partial charge in [0.05, 0.1) is 13.2 Å². The summed E-state index contributed by atoms with van der Waals surface area (Å²) in [6.45, 7) is 2.89. The zero-order chi connectivity index (χ0) is 13.4. The van der Waals surface area contributed by atoms with Crippen molar-refractivity contribution in [2.45, 2.75) is 25.7 Å². The maximum Gasteiger partial charge on any atom is 0.171 e. The molecular weight excluding hydrogens is 230 g/mol. The van der Waals surface area contributed by atoms with Crippen LogP contribution in [0.15, 0.2) is 24.3 Å². The monoisotopic (exact) mass is 253 g/mol. The zero-order valence-electron chi connectivity index (χ0n) is 11.6. The summed E-state index contributed by atoms with van der Waals surface area (Å²) in [4.78, 5) is 0. The molecule has 18 heavy (non-hydrogen) atoms. The molecule has 0 saturated heterocycles. The molecule has 0 aliphatic rings. The van der Waals surface area contributed by atoms with Gasteiger partial charge in [-0.25, -0.2) is 0 Å². The predicted octanol–water partition coefficient (Wildman–Crippen LogP) is 1.83. The smallest absolute Gasteiger partial charge is 0.171 e. The van der Waals surface area contributed by atoms with E-state index < -0.39 is 0 Å². The van der Waals surface area contributed by atoms with Crippen LogP contribution in [-0.4, -0.2) is 40.2 Å². The summed E-state index contributed by atoms with van der Waals surface area (Å²) < 4.78 is 15.7. The van der Waals surface area contributed by atoms with E-state index in [1.807, 2.05) is 25.1 Å². The van der Waals surface area contributed by atoms with Crippen molar-refractivity contribution in [2.24, 2.45) is 0 Å². The lowest BCUT2D eigenvalue weighted by molar-refractivity contribution is -0.119. The van der Waals surface area contributed by atoms with Gasteiger partial charge in [-0.15, -0.1) is 0 Å². The second-order valence-corrected chi connectivity index (χ2v) is 4.14. The lowest BCUT2D eigenvalue weighted by Gasteiger charge is -2.22. The van der Waals surface area contributed by atoms with Gasteiger partial charge >= 0.3 is 0 Å². The first-order chi connectivity index (χ1) is 8.72. The number of hydrogen-bond acceptors (Lipinski definition) is 4. The number of hydrogen-bond donors (Lipinski definition) is 1. The normalized spacial score (nSPS) is 12.7. The van der Waals surface area contributed by atoms with Gasteiger partial charge in [0.25, 0.3) is 0 Å². The molecule has 0 aliphatic heterocycles. The summed E-state index contributed by atoms with van der Waals surface area (Å²) in [5, 5.41) is 3.38. The molecule has 0 heterocycles. The molecule has 0 saturated carbocycles. The first-order valence-electron chi connectivity index (χ1n) is 6.13. The van der Waals surface area contributed by atoms with Crippen molar-refractivity contribution in [3.05, 3.63) is 29.8 Å². The molecule has 0 aromatic heterocycles. The minimum absolute atomic E-state index is 0.148. The highest BCUT2D eigenvalue weighted by Crippen LogP contribution is 2.17. The molecule has 0 fully saturated rings. The van der Waals surface area contributed by atoms with Gasteiger partial charge in [-0.1, -0.05) is 18.2 Å². The van der Waals surface area contributed by atoms with E-state index in [-0.39, 0.29) is 12.3 Å². The van der Waals surface area contributed by atoms with Crippen molar-refractivity contribution in [2.75, 3.05) is 27.9 Å². The van der Waals surface area contributed by atoms with E-state index in [1.54, 1.807) is 21.3 Å². The average Bonchev–Trinajstić information content (AvgIpc) is 2.40. The number of para-hydroxylation sites is 1. The quantitative estimate of drug-likeness (QED) is 0.718. The van der Waals surface area contributed by atoms with Crippen LogP contribution >= 0.6 is 0 Å². The highest BCUT2D eigenvalue weighted by Gasteiger charge is 2.14. The Balaban J connectivity index is 2.41. The molecule has 1 aromatic carbocycles. The molecule has 0 aliphatic carbocycles. The van der Waals surface area contributed by atoms with Gasteiger partial charge in [-0.05, 0) is 31.5 Å². The Morgan fingerprint density at radius 2 is 1.78 bits per heavy atom. The number of benzene rings is 1. The van der Waals surface area contributed by atoms with E-state index in [0.29, 0.717) is 0 Å². The Bertz CT molecular complexity index is 340. The van der Waals surface area contributed by atoms with Gasteiger partial charge < -0.3 is 19.5 Å². The summed E-state index contributed by atoms with van der Waals surface area (Å²) in [6, 6.07) is 8.20. The summed E-state index contributed by atoms with van der Waals surface area (Å²) in [7, 11) is 4.99. The minimum atomic E-state index is -0.220. The number of rotatable bonds is 8. The van der Waals surface area contributed by atoms with E-state index in [2.05, 4.69) is 11.4 Å². The van der Waals surface area contributed by atoms with Crippen molar-refractivity contribution >= 4 is 0 Å². The topological polar surface area (TPSA) is 39.7 Å². The number of nitrogens with one attached hydrogen (secondary N) is 1. The van der Waals surface area contributed by atoms with Gasteiger partial charge in [0.2, 0.25) is 0 Å². The Hall–Kier alpha value is -1.10. The van der Waals surface area contributed by atoms with Gasteiger partial charge in [0, 0.05) is 14.2 Å². The summed E-state index contributed by atoms with van der Waals surface area (Å²) >= 11 is 0. The van der Waals surface area contributed by atoms with Crippen LogP contribution in [0, 0.1) is 0 Å². The molecule has 1 atom stereocenters.